The molecule has 2 aliphatic carbocycles. The van der Waals surface area contributed by atoms with E-state index in [1.807, 2.05) is 6.07 Å². The normalized spacial score (nSPS) is 19.9. The molecule has 1 amide bonds. The quantitative estimate of drug-likeness (QED) is 0.474. The smallest absolute Gasteiger partial charge is 0.262 e. The highest BCUT2D eigenvalue weighted by atomic mass is 19.1. The first-order valence-electron chi connectivity index (χ1n) is 13.5. The van der Waals surface area contributed by atoms with Gasteiger partial charge in [0.15, 0.2) is 29.7 Å². The highest BCUT2D eigenvalue weighted by Crippen LogP contribution is 2.51. The zero-order chi connectivity index (χ0) is 28.8. The van der Waals surface area contributed by atoms with Gasteiger partial charge in [-0.25, -0.2) is 4.39 Å². The number of halogens is 1. The summed E-state index contributed by atoms with van der Waals surface area (Å²) in [6.45, 7) is 8.07. The van der Waals surface area contributed by atoms with E-state index in [9.17, 15) is 18.8 Å². The molecule has 1 heterocycles. The van der Waals surface area contributed by atoms with Crippen molar-refractivity contribution in [1.29, 1.82) is 0 Å². The van der Waals surface area contributed by atoms with E-state index in [1.54, 1.807) is 12.1 Å². The summed E-state index contributed by atoms with van der Waals surface area (Å²) in [5.41, 5.74) is 3.97. The van der Waals surface area contributed by atoms with Crippen LogP contribution in [0.4, 0.5) is 10.1 Å². The lowest BCUT2D eigenvalue weighted by Crippen LogP contribution is -2.42. The summed E-state index contributed by atoms with van der Waals surface area (Å²) in [7, 11) is 1.50. The van der Waals surface area contributed by atoms with Crippen LogP contribution in [0.5, 0.6) is 11.5 Å². The molecule has 8 heteroatoms. The number of nitrogens with one attached hydrogen (secondary N) is 2. The van der Waals surface area contributed by atoms with E-state index in [-0.39, 0.29) is 29.0 Å². The van der Waals surface area contributed by atoms with Crippen LogP contribution in [0.1, 0.15) is 64.9 Å². The van der Waals surface area contributed by atoms with Gasteiger partial charge in [0.2, 0.25) is 0 Å². The van der Waals surface area contributed by atoms with Gasteiger partial charge in [0.25, 0.3) is 5.91 Å². The van der Waals surface area contributed by atoms with E-state index in [1.165, 1.54) is 31.4 Å². The number of hydrogen-bond donors (Lipinski definition) is 2. The molecule has 2 N–H and O–H groups in total. The molecule has 3 aliphatic rings. The van der Waals surface area contributed by atoms with Gasteiger partial charge in [0, 0.05) is 47.0 Å². The number of ketones is 2. The molecule has 0 bridgehead atoms. The molecule has 2 aromatic rings. The lowest BCUT2D eigenvalue weighted by Gasteiger charge is -2.44. The van der Waals surface area contributed by atoms with Gasteiger partial charge in [0.1, 0.15) is 5.82 Å². The van der Waals surface area contributed by atoms with Gasteiger partial charge < -0.3 is 20.1 Å². The number of rotatable bonds is 6. The Balaban J connectivity index is 1.46. The molecule has 7 nitrogen and oxygen atoms in total. The van der Waals surface area contributed by atoms with Crippen LogP contribution < -0.4 is 20.1 Å². The highest BCUT2D eigenvalue weighted by molar-refractivity contribution is 6.06. The minimum Gasteiger partial charge on any atom is -0.493 e. The molecule has 0 saturated heterocycles. The minimum absolute atomic E-state index is 0.0460. The number of amides is 1. The van der Waals surface area contributed by atoms with Crippen LogP contribution in [0.15, 0.2) is 65.0 Å². The Morgan fingerprint density at radius 3 is 2.02 bits per heavy atom. The summed E-state index contributed by atoms with van der Waals surface area (Å²) >= 11 is 0. The number of carbonyl (C=O) groups excluding carboxylic acids is 3. The van der Waals surface area contributed by atoms with E-state index in [0.29, 0.717) is 41.2 Å². The third-order valence-electron chi connectivity index (χ3n) is 7.73. The van der Waals surface area contributed by atoms with Gasteiger partial charge in [0.05, 0.1) is 7.11 Å². The number of benzene rings is 2. The summed E-state index contributed by atoms with van der Waals surface area (Å²) in [6.07, 6.45) is 2.26. The van der Waals surface area contributed by atoms with Crippen LogP contribution in [0.3, 0.4) is 0 Å². The first kappa shape index (κ1) is 27.6. The van der Waals surface area contributed by atoms with Crippen LogP contribution in [0.25, 0.3) is 0 Å². The summed E-state index contributed by atoms with van der Waals surface area (Å²) < 4.78 is 24.5. The Labute approximate surface area is 233 Å². The summed E-state index contributed by atoms with van der Waals surface area (Å²) in [6, 6.07) is 10.8. The fraction of sp³-hybridized carbons (Fsp3) is 0.406. The Hall–Kier alpha value is -3.94. The molecule has 5 rings (SSSR count). The largest absolute Gasteiger partial charge is 0.493 e. The lowest BCUT2D eigenvalue weighted by molar-refractivity contribution is -0.119. The summed E-state index contributed by atoms with van der Waals surface area (Å²) in [5, 5.41) is 6.18. The van der Waals surface area contributed by atoms with E-state index < -0.39 is 17.6 Å². The maximum atomic E-state index is 13.6. The number of allylic oxidation sites excluding steroid dienone is 4. The Kier molecular flexibility index (Phi) is 7.06. The maximum Gasteiger partial charge on any atom is 0.262 e. The van der Waals surface area contributed by atoms with Crippen LogP contribution in [0.2, 0.25) is 0 Å². The van der Waals surface area contributed by atoms with Crippen molar-refractivity contribution in [3.63, 3.8) is 0 Å². The van der Waals surface area contributed by atoms with Crippen molar-refractivity contribution in [2.24, 2.45) is 10.8 Å². The van der Waals surface area contributed by atoms with Crippen LogP contribution in [-0.4, -0.2) is 31.2 Å². The van der Waals surface area contributed by atoms with Gasteiger partial charge in [-0.2, -0.15) is 0 Å². The Morgan fingerprint density at radius 1 is 0.900 bits per heavy atom. The van der Waals surface area contributed by atoms with Gasteiger partial charge in [-0.15, -0.1) is 0 Å². The molecule has 0 radical (unpaired) electrons. The second-order valence-electron chi connectivity index (χ2n) is 12.5. The molecule has 0 saturated carbocycles. The fourth-order valence-electron chi connectivity index (χ4n) is 6.08. The van der Waals surface area contributed by atoms with Gasteiger partial charge in [-0.1, -0.05) is 33.8 Å². The second kappa shape index (κ2) is 10.2. The Bertz CT molecular complexity index is 1400. The number of anilines is 1. The number of hydrogen-bond acceptors (Lipinski definition) is 6. The number of Topliss-reactive ketones (excluding diaryl/α,β-unsaturated/α-hetero) is 2. The molecule has 1 aliphatic heterocycles. The van der Waals surface area contributed by atoms with Crippen molar-refractivity contribution in [2.45, 2.75) is 59.3 Å². The predicted octanol–water partition coefficient (Wildman–Crippen LogP) is 5.83. The summed E-state index contributed by atoms with van der Waals surface area (Å²) in [4.78, 5) is 39.5. The highest BCUT2D eigenvalue weighted by Gasteiger charge is 2.46. The van der Waals surface area contributed by atoms with Crippen molar-refractivity contribution in [3.8, 4) is 11.5 Å². The molecular weight excluding hydrogens is 511 g/mol. The molecule has 0 atom stereocenters. The molecule has 40 heavy (non-hydrogen) atoms. The second-order valence-corrected chi connectivity index (χ2v) is 12.5. The average molecular weight is 547 g/mol. The Morgan fingerprint density at radius 2 is 1.48 bits per heavy atom. The number of dihydropyridines is 1. The number of carbonyl (C=O) groups is 3. The maximum absolute atomic E-state index is 13.6. The number of ether oxygens (including phenoxy) is 2. The zero-order valence-electron chi connectivity index (χ0n) is 23.6. The lowest BCUT2D eigenvalue weighted by atomic mass is 9.64. The predicted molar refractivity (Wildman–Crippen MR) is 149 cm³/mol. The van der Waals surface area contributed by atoms with Gasteiger partial charge in [-0.05, 0) is 65.6 Å². The third kappa shape index (κ3) is 5.53. The zero-order valence-corrected chi connectivity index (χ0v) is 23.6. The SMILES string of the molecule is COc1cc(C2C3=C(CC(C)(C)CC3=O)NC3=C2C(=O)CC(C)(C)C3)ccc1OCC(=O)Nc1ccc(F)cc1. The first-order chi connectivity index (χ1) is 18.9. The van der Waals surface area contributed by atoms with Crippen molar-refractivity contribution in [1.82, 2.24) is 5.32 Å². The van der Waals surface area contributed by atoms with Gasteiger partial charge in [-0.3, -0.25) is 14.4 Å². The monoisotopic (exact) mass is 546 g/mol. The minimum atomic E-state index is -0.497. The molecule has 0 fully saturated rings. The van der Waals surface area contributed by atoms with Crippen LogP contribution >= 0.6 is 0 Å². The average Bonchev–Trinajstić information content (AvgIpc) is 2.86. The fourth-order valence-corrected chi connectivity index (χ4v) is 6.08. The van der Waals surface area contributed by atoms with Crippen LogP contribution in [-0.2, 0) is 14.4 Å². The van der Waals surface area contributed by atoms with Crippen molar-refractivity contribution in [3.05, 3.63) is 76.4 Å². The molecule has 0 aromatic heterocycles. The van der Waals surface area contributed by atoms with E-state index in [0.717, 1.165) is 29.8 Å². The topological polar surface area (TPSA) is 93.7 Å². The van der Waals surface area contributed by atoms with Gasteiger partial charge >= 0.3 is 0 Å². The molecule has 2 aromatic carbocycles. The van der Waals surface area contributed by atoms with Crippen molar-refractivity contribution in [2.75, 3.05) is 19.0 Å². The molecular formula is C32H35FN2O5. The molecule has 210 valence electrons. The van der Waals surface area contributed by atoms with E-state index in [2.05, 4.69) is 38.3 Å². The molecule has 0 unspecified atom stereocenters. The van der Waals surface area contributed by atoms with E-state index >= 15 is 0 Å². The summed E-state index contributed by atoms with van der Waals surface area (Å²) in [5.74, 6) is -0.466. The van der Waals surface area contributed by atoms with E-state index in [4.69, 9.17) is 9.47 Å². The first-order valence-corrected chi connectivity index (χ1v) is 13.5. The van der Waals surface area contributed by atoms with Crippen LogP contribution in [0, 0.1) is 16.6 Å². The number of methoxy groups -OCH3 is 1. The standard InChI is InChI=1S/C32H35FN2O5/c1-31(2)13-21-29(23(36)15-31)28(30-22(35-21)14-32(3,4)16-24(30)37)18-6-11-25(26(12-18)39-5)40-17-27(38)34-20-9-7-19(33)8-10-20/h6-12,28,35H,13-17H2,1-5H3,(H,34,38). The molecule has 0 spiro atoms. The van der Waals surface area contributed by atoms with Crippen molar-refractivity contribution >= 4 is 23.2 Å². The third-order valence-corrected chi connectivity index (χ3v) is 7.73. The van der Waals surface area contributed by atoms with Crippen molar-refractivity contribution < 1.29 is 28.2 Å².